The lowest BCUT2D eigenvalue weighted by molar-refractivity contribution is 0.0602. The molecule has 0 fully saturated rings. The van der Waals surface area contributed by atoms with E-state index in [-0.39, 0.29) is 22.2 Å². The van der Waals surface area contributed by atoms with Crippen molar-refractivity contribution in [3.05, 3.63) is 46.9 Å². The molecule has 19 heavy (non-hydrogen) atoms. The zero-order valence-corrected chi connectivity index (χ0v) is 10.7. The number of hydrogen-bond donors (Lipinski definition) is 1. The van der Waals surface area contributed by atoms with Gasteiger partial charge in [0, 0.05) is 5.56 Å². The topological polar surface area (TPSA) is 65.2 Å². The minimum atomic E-state index is -0.606. The molecule has 0 aliphatic heterocycles. The fraction of sp³-hybridized carbons (Fsp3) is 0.0769. The van der Waals surface area contributed by atoms with Crippen LogP contribution < -0.4 is 5.73 Å². The smallest absolute Gasteiger partial charge is 0.340 e. The van der Waals surface area contributed by atoms with Gasteiger partial charge in [0.25, 0.3) is 0 Å². The zero-order chi connectivity index (χ0) is 14.0. The van der Waals surface area contributed by atoms with Crippen molar-refractivity contribution in [2.24, 2.45) is 0 Å². The van der Waals surface area contributed by atoms with Gasteiger partial charge in [0.15, 0.2) is 0 Å². The first-order valence-electron chi connectivity index (χ1n) is 5.33. The fourth-order valence-electron chi connectivity index (χ4n) is 1.63. The maximum absolute atomic E-state index is 12.9. The lowest BCUT2D eigenvalue weighted by Crippen LogP contribution is -2.08. The highest BCUT2D eigenvalue weighted by molar-refractivity contribution is 6.30. The van der Waals surface area contributed by atoms with Crippen LogP contribution in [-0.2, 0) is 4.74 Å². The van der Waals surface area contributed by atoms with Gasteiger partial charge in [0.1, 0.15) is 11.0 Å². The van der Waals surface area contributed by atoms with Crippen molar-refractivity contribution in [3.8, 4) is 11.3 Å². The molecule has 0 saturated carbocycles. The monoisotopic (exact) mass is 280 g/mol. The van der Waals surface area contributed by atoms with E-state index in [9.17, 15) is 9.18 Å². The highest BCUT2D eigenvalue weighted by Gasteiger charge is 2.17. The van der Waals surface area contributed by atoms with E-state index in [4.69, 9.17) is 17.3 Å². The lowest BCUT2D eigenvalue weighted by atomic mass is 10.1. The minimum Gasteiger partial charge on any atom is -0.465 e. The summed E-state index contributed by atoms with van der Waals surface area (Å²) in [6, 6.07) is 6.89. The molecule has 0 unspecified atom stereocenters. The molecule has 1 heterocycles. The number of carbonyl (C=O) groups excluding carboxylic acids is 1. The van der Waals surface area contributed by atoms with Gasteiger partial charge in [-0.2, -0.15) is 0 Å². The van der Waals surface area contributed by atoms with Crippen molar-refractivity contribution >= 4 is 23.3 Å². The molecule has 98 valence electrons. The van der Waals surface area contributed by atoms with Crippen LogP contribution in [0, 0.1) is 5.82 Å². The summed E-state index contributed by atoms with van der Waals surface area (Å²) in [5, 5.41) is 0.105. The van der Waals surface area contributed by atoms with Crippen LogP contribution in [0.2, 0.25) is 5.15 Å². The molecule has 2 aromatic rings. The number of ether oxygens (including phenoxy) is 1. The summed E-state index contributed by atoms with van der Waals surface area (Å²) in [5.41, 5.74) is 7.03. The summed E-state index contributed by atoms with van der Waals surface area (Å²) in [7, 11) is 1.24. The van der Waals surface area contributed by atoms with Crippen LogP contribution in [0.25, 0.3) is 11.3 Å². The third kappa shape index (κ3) is 2.66. The van der Waals surface area contributed by atoms with Crippen LogP contribution in [0.3, 0.4) is 0 Å². The Kier molecular flexibility index (Phi) is 3.66. The zero-order valence-electron chi connectivity index (χ0n) is 9.98. The van der Waals surface area contributed by atoms with E-state index in [1.165, 1.54) is 37.4 Å². The first-order chi connectivity index (χ1) is 9.02. The largest absolute Gasteiger partial charge is 0.465 e. The van der Waals surface area contributed by atoms with E-state index in [0.717, 1.165) is 0 Å². The third-order valence-electron chi connectivity index (χ3n) is 2.55. The summed E-state index contributed by atoms with van der Waals surface area (Å²) >= 11 is 5.86. The van der Waals surface area contributed by atoms with Gasteiger partial charge in [-0.15, -0.1) is 0 Å². The van der Waals surface area contributed by atoms with Gasteiger partial charge in [0.05, 0.1) is 24.1 Å². The number of nitrogens with two attached hydrogens (primary N) is 1. The Bertz CT molecular complexity index is 629. The Morgan fingerprint density at radius 1 is 1.37 bits per heavy atom. The summed E-state index contributed by atoms with van der Waals surface area (Å²) in [4.78, 5) is 15.6. The molecule has 2 N–H and O–H groups in total. The molecular weight excluding hydrogens is 271 g/mol. The second kappa shape index (κ2) is 5.24. The highest BCUT2D eigenvalue weighted by Crippen LogP contribution is 2.29. The number of esters is 1. The second-order valence-corrected chi connectivity index (χ2v) is 4.14. The Morgan fingerprint density at radius 3 is 2.58 bits per heavy atom. The first kappa shape index (κ1) is 13.3. The number of rotatable bonds is 2. The van der Waals surface area contributed by atoms with E-state index in [2.05, 4.69) is 9.72 Å². The first-order valence-corrected chi connectivity index (χ1v) is 5.71. The maximum Gasteiger partial charge on any atom is 0.340 e. The molecule has 1 aromatic heterocycles. The Balaban J connectivity index is 2.60. The molecule has 0 aliphatic rings. The van der Waals surface area contributed by atoms with Gasteiger partial charge < -0.3 is 10.5 Å². The molecule has 2 rings (SSSR count). The van der Waals surface area contributed by atoms with E-state index < -0.39 is 5.97 Å². The normalized spacial score (nSPS) is 10.3. The summed E-state index contributed by atoms with van der Waals surface area (Å²) in [5.74, 6) is -0.984. The number of hydrogen-bond acceptors (Lipinski definition) is 4. The number of halogens is 2. The Hall–Kier alpha value is -2.14. The van der Waals surface area contributed by atoms with Crippen LogP contribution in [0.1, 0.15) is 10.4 Å². The minimum absolute atomic E-state index is 0.105. The molecule has 0 atom stereocenters. The molecule has 0 spiro atoms. The number of methoxy groups -OCH3 is 1. The number of anilines is 1. The van der Waals surface area contributed by atoms with Crippen LogP contribution in [0.5, 0.6) is 0 Å². The molecule has 0 bridgehead atoms. The van der Waals surface area contributed by atoms with E-state index in [0.29, 0.717) is 11.3 Å². The average molecular weight is 281 g/mol. The summed E-state index contributed by atoms with van der Waals surface area (Å²) < 4.78 is 17.5. The van der Waals surface area contributed by atoms with Gasteiger partial charge in [-0.1, -0.05) is 11.6 Å². The molecule has 0 amide bonds. The highest BCUT2D eigenvalue weighted by atomic mass is 35.5. The predicted molar refractivity (Wildman–Crippen MR) is 70.4 cm³/mol. The van der Waals surface area contributed by atoms with Gasteiger partial charge in [-0.3, -0.25) is 0 Å². The third-order valence-corrected chi connectivity index (χ3v) is 2.74. The maximum atomic E-state index is 12.9. The van der Waals surface area contributed by atoms with Crippen LogP contribution in [0.15, 0.2) is 30.3 Å². The van der Waals surface area contributed by atoms with Crippen molar-refractivity contribution in [1.29, 1.82) is 0 Å². The molecular formula is C13H10ClFN2O2. The fourth-order valence-corrected chi connectivity index (χ4v) is 1.82. The number of benzene rings is 1. The number of carbonyl (C=O) groups is 1. The van der Waals surface area contributed by atoms with Gasteiger partial charge in [0.2, 0.25) is 0 Å². The van der Waals surface area contributed by atoms with Crippen LogP contribution >= 0.6 is 11.6 Å². The number of pyridine rings is 1. The molecule has 4 nitrogen and oxygen atoms in total. The summed E-state index contributed by atoms with van der Waals surface area (Å²) in [6.07, 6.45) is 0. The summed E-state index contributed by atoms with van der Waals surface area (Å²) in [6.45, 7) is 0. The van der Waals surface area contributed by atoms with Crippen molar-refractivity contribution in [2.45, 2.75) is 0 Å². The van der Waals surface area contributed by atoms with Crippen molar-refractivity contribution in [2.75, 3.05) is 12.8 Å². The average Bonchev–Trinajstić information content (AvgIpc) is 2.41. The van der Waals surface area contributed by atoms with Crippen LogP contribution in [0.4, 0.5) is 10.1 Å². The quantitative estimate of drug-likeness (QED) is 0.678. The lowest BCUT2D eigenvalue weighted by Gasteiger charge is -2.10. The van der Waals surface area contributed by atoms with Crippen molar-refractivity contribution in [3.63, 3.8) is 0 Å². The molecule has 0 radical (unpaired) electrons. The molecule has 0 aliphatic carbocycles. The Labute approximate surface area is 114 Å². The van der Waals surface area contributed by atoms with E-state index in [1.54, 1.807) is 0 Å². The van der Waals surface area contributed by atoms with Gasteiger partial charge in [-0.25, -0.2) is 14.2 Å². The van der Waals surface area contributed by atoms with Crippen LogP contribution in [-0.4, -0.2) is 18.1 Å². The number of nitrogen functional groups attached to an aromatic ring is 1. The molecule has 0 saturated heterocycles. The van der Waals surface area contributed by atoms with Crippen molar-refractivity contribution in [1.82, 2.24) is 4.98 Å². The Morgan fingerprint density at radius 2 is 2.00 bits per heavy atom. The van der Waals surface area contributed by atoms with E-state index >= 15 is 0 Å². The second-order valence-electron chi connectivity index (χ2n) is 3.75. The van der Waals surface area contributed by atoms with E-state index in [1.807, 2.05) is 0 Å². The predicted octanol–water partition coefficient (Wildman–Crippen LogP) is 2.91. The molecule has 6 heteroatoms. The SMILES string of the molecule is COC(=O)c1cc(Cl)nc(-c2ccc(F)cc2)c1N. The number of nitrogens with zero attached hydrogens (tertiary/aromatic N) is 1. The van der Waals surface area contributed by atoms with Gasteiger partial charge in [-0.05, 0) is 30.3 Å². The standard InChI is InChI=1S/C13H10ClFN2O2/c1-19-13(18)9-6-10(14)17-12(11(9)16)7-2-4-8(15)5-3-7/h2-6H,16H2,1H3. The van der Waals surface area contributed by atoms with Crippen molar-refractivity contribution < 1.29 is 13.9 Å². The molecule has 1 aromatic carbocycles. The van der Waals surface area contributed by atoms with Gasteiger partial charge >= 0.3 is 5.97 Å². The number of aromatic nitrogens is 1.